The number of carbonyl (C=O) groups is 1. The van der Waals surface area contributed by atoms with Crippen LogP contribution >= 0.6 is 0 Å². The quantitative estimate of drug-likeness (QED) is 0.472. The molecule has 0 heterocycles. The van der Waals surface area contributed by atoms with E-state index in [1.54, 1.807) is 0 Å². The lowest BCUT2D eigenvalue weighted by molar-refractivity contribution is -0.140. The van der Waals surface area contributed by atoms with Crippen molar-refractivity contribution in [1.29, 1.82) is 5.26 Å². The minimum absolute atomic E-state index is 0.0486. The molecular formula is C18H20FNO2. The molecule has 1 aromatic carbocycles. The van der Waals surface area contributed by atoms with E-state index < -0.39 is 5.83 Å². The zero-order chi connectivity index (χ0) is 15.9. The highest BCUT2D eigenvalue weighted by Gasteiger charge is 2.27. The molecule has 22 heavy (non-hydrogen) atoms. The number of nitriles is 1. The largest absolute Gasteiger partial charge is 0.426 e. The maximum atomic E-state index is 12.9. The van der Waals surface area contributed by atoms with Gasteiger partial charge in [0.1, 0.15) is 11.8 Å². The van der Waals surface area contributed by atoms with Crippen LogP contribution in [0.1, 0.15) is 38.2 Å². The summed E-state index contributed by atoms with van der Waals surface area (Å²) in [6.45, 7) is 2.07. The molecule has 1 aromatic rings. The smallest absolute Gasteiger partial charge is 0.314 e. The molecule has 0 atom stereocenters. The molecule has 0 amide bonds. The summed E-state index contributed by atoms with van der Waals surface area (Å²) >= 11 is 0. The summed E-state index contributed by atoms with van der Waals surface area (Å²) in [7, 11) is 0. The Balaban J connectivity index is 1.85. The van der Waals surface area contributed by atoms with Crippen LogP contribution in [0.25, 0.3) is 0 Å². The van der Waals surface area contributed by atoms with Gasteiger partial charge in [-0.15, -0.1) is 0 Å². The molecule has 3 nitrogen and oxygen atoms in total. The van der Waals surface area contributed by atoms with Gasteiger partial charge in [-0.25, -0.2) is 0 Å². The first-order chi connectivity index (χ1) is 10.6. The molecule has 1 aliphatic rings. The van der Waals surface area contributed by atoms with Crippen molar-refractivity contribution in [2.45, 2.75) is 39.0 Å². The summed E-state index contributed by atoms with van der Waals surface area (Å²) in [6.07, 6.45) is 5.08. The van der Waals surface area contributed by atoms with E-state index in [9.17, 15) is 9.18 Å². The number of halogens is 1. The van der Waals surface area contributed by atoms with Crippen LogP contribution in [0, 0.1) is 23.2 Å². The van der Waals surface area contributed by atoms with Gasteiger partial charge in [0.05, 0.1) is 5.92 Å². The second-order valence-corrected chi connectivity index (χ2v) is 5.66. The maximum Gasteiger partial charge on any atom is 0.314 e. The molecule has 0 N–H and O–H groups in total. The molecule has 0 spiro atoms. The number of ether oxygens (including phenoxy) is 1. The lowest BCUT2D eigenvalue weighted by Gasteiger charge is -2.25. The van der Waals surface area contributed by atoms with Gasteiger partial charge in [0.15, 0.2) is 5.83 Å². The van der Waals surface area contributed by atoms with Crippen molar-refractivity contribution in [1.82, 2.24) is 0 Å². The fourth-order valence-electron chi connectivity index (χ4n) is 2.76. The third kappa shape index (κ3) is 4.42. The third-order valence-electron chi connectivity index (χ3n) is 4.14. The monoisotopic (exact) mass is 301 g/mol. The third-order valence-corrected chi connectivity index (χ3v) is 4.14. The number of carbonyl (C=O) groups excluding carboxylic acids is 1. The fourth-order valence-corrected chi connectivity index (χ4v) is 2.76. The first kappa shape index (κ1) is 16.2. The molecule has 0 saturated heterocycles. The van der Waals surface area contributed by atoms with E-state index in [2.05, 4.69) is 6.92 Å². The van der Waals surface area contributed by atoms with Gasteiger partial charge in [-0.1, -0.05) is 19.1 Å². The predicted octanol–water partition coefficient (Wildman–Crippen LogP) is 4.34. The van der Waals surface area contributed by atoms with Gasteiger partial charge in [-0.05, 0) is 61.8 Å². The average Bonchev–Trinajstić information content (AvgIpc) is 2.56. The van der Waals surface area contributed by atoms with Crippen molar-refractivity contribution >= 4 is 5.97 Å². The van der Waals surface area contributed by atoms with E-state index in [1.165, 1.54) is 17.7 Å². The molecule has 1 fully saturated rings. The van der Waals surface area contributed by atoms with Gasteiger partial charge in [-0.2, -0.15) is 9.65 Å². The van der Waals surface area contributed by atoms with Gasteiger partial charge in [0, 0.05) is 0 Å². The fraction of sp³-hybridized carbons (Fsp3) is 0.444. The summed E-state index contributed by atoms with van der Waals surface area (Å²) in [5.41, 5.74) is 1.20. The number of aryl methyl sites for hydroxylation is 1. The van der Waals surface area contributed by atoms with E-state index in [1.807, 2.05) is 24.3 Å². The van der Waals surface area contributed by atoms with Gasteiger partial charge < -0.3 is 4.74 Å². The Bertz CT molecular complexity index is 578. The van der Waals surface area contributed by atoms with Gasteiger partial charge in [-0.3, -0.25) is 4.79 Å². The normalized spacial score (nSPS) is 22.0. The number of allylic oxidation sites excluding steroid dienone is 2. The molecule has 1 saturated carbocycles. The Morgan fingerprint density at radius 1 is 1.32 bits per heavy atom. The molecule has 0 aromatic heterocycles. The number of hydrogen-bond donors (Lipinski definition) is 0. The molecule has 0 aliphatic heterocycles. The topological polar surface area (TPSA) is 50.1 Å². The van der Waals surface area contributed by atoms with Crippen molar-refractivity contribution in [3.8, 4) is 11.8 Å². The summed E-state index contributed by atoms with van der Waals surface area (Å²) in [5.74, 6) is -0.470. The number of esters is 1. The van der Waals surface area contributed by atoms with E-state index in [-0.39, 0.29) is 17.8 Å². The number of rotatable bonds is 4. The van der Waals surface area contributed by atoms with Crippen LogP contribution in [0.15, 0.2) is 36.2 Å². The van der Waals surface area contributed by atoms with Crippen molar-refractivity contribution in [2.24, 2.45) is 11.8 Å². The number of nitrogens with zero attached hydrogens (tertiary/aromatic N) is 1. The van der Waals surface area contributed by atoms with Crippen molar-refractivity contribution in [2.75, 3.05) is 0 Å². The molecule has 0 radical (unpaired) electrons. The molecule has 4 heteroatoms. The first-order valence-corrected chi connectivity index (χ1v) is 7.70. The van der Waals surface area contributed by atoms with Crippen molar-refractivity contribution in [3.05, 3.63) is 41.7 Å². The lowest BCUT2D eigenvalue weighted by atomic mass is 9.82. The van der Waals surface area contributed by atoms with Crippen LogP contribution in [0.2, 0.25) is 0 Å². The van der Waals surface area contributed by atoms with Crippen LogP contribution in [0.3, 0.4) is 0 Å². The van der Waals surface area contributed by atoms with Crippen LogP contribution in [0.4, 0.5) is 4.39 Å². The van der Waals surface area contributed by atoms with E-state index in [4.69, 9.17) is 10.00 Å². The Kier molecular flexibility index (Phi) is 5.71. The second kappa shape index (κ2) is 7.74. The summed E-state index contributed by atoms with van der Waals surface area (Å²) in [5, 5.41) is 8.44. The number of hydrogen-bond acceptors (Lipinski definition) is 3. The minimum Gasteiger partial charge on any atom is -0.426 e. The van der Waals surface area contributed by atoms with E-state index >= 15 is 0 Å². The predicted molar refractivity (Wildman–Crippen MR) is 81.7 cm³/mol. The highest BCUT2D eigenvalue weighted by atomic mass is 19.1. The zero-order valence-corrected chi connectivity index (χ0v) is 12.7. The molecular weight excluding hydrogens is 281 g/mol. The molecule has 0 bridgehead atoms. The Morgan fingerprint density at radius 3 is 2.50 bits per heavy atom. The van der Waals surface area contributed by atoms with Crippen LogP contribution < -0.4 is 4.74 Å². The van der Waals surface area contributed by atoms with Crippen molar-refractivity contribution < 1.29 is 13.9 Å². The SMILES string of the molecule is CCc1ccc(OC(=O)C2CCC(C=C(F)C#N)CC2)cc1. The van der Waals surface area contributed by atoms with Crippen LogP contribution in [0.5, 0.6) is 5.75 Å². The zero-order valence-electron chi connectivity index (χ0n) is 12.7. The summed E-state index contributed by atoms with van der Waals surface area (Å²) < 4.78 is 18.3. The highest BCUT2D eigenvalue weighted by molar-refractivity contribution is 5.75. The Morgan fingerprint density at radius 2 is 1.95 bits per heavy atom. The van der Waals surface area contributed by atoms with Gasteiger partial charge >= 0.3 is 5.97 Å². The highest BCUT2D eigenvalue weighted by Crippen LogP contribution is 2.31. The molecule has 2 rings (SSSR count). The Labute approximate surface area is 130 Å². The van der Waals surface area contributed by atoms with Gasteiger partial charge in [0.2, 0.25) is 0 Å². The molecule has 1 aliphatic carbocycles. The minimum atomic E-state index is -0.734. The summed E-state index contributed by atoms with van der Waals surface area (Å²) in [6, 6.07) is 9.02. The summed E-state index contributed by atoms with van der Waals surface area (Å²) in [4.78, 5) is 12.1. The molecule has 0 unspecified atom stereocenters. The van der Waals surface area contributed by atoms with Gasteiger partial charge in [0.25, 0.3) is 0 Å². The average molecular weight is 301 g/mol. The lowest BCUT2D eigenvalue weighted by Crippen LogP contribution is -2.25. The second-order valence-electron chi connectivity index (χ2n) is 5.66. The maximum absolute atomic E-state index is 12.9. The van der Waals surface area contributed by atoms with Crippen LogP contribution in [-0.4, -0.2) is 5.97 Å². The van der Waals surface area contributed by atoms with Crippen molar-refractivity contribution in [3.63, 3.8) is 0 Å². The standard InChI is InChI=1S/C18H20FNO2/c1-2-13-5-9-17(10-6-13)22-18(21)15-7-3-14(4-8-15)11-16(19)12-20/h5-6,9-11,14-15H,2-4,7-8H2,1H3. The van der Waals surface area contributed by atoms with E-state index in [0.29, 0.717) is 31.4 Å². The molecule has 116 valence electrons. The van der Waals surface area contributed by atoms with Crippen LogP contribution in [-0.2, 0) is 11.2 Å². The van der Waals surface area contributed by atoms with E-state index in [0.717, 1.165) is 6.42 Å². The number of benzene rings is 1. The Hall–Kier alpha value is -2.15. The first-order valence-electron chi connectivity index (χ1n) is 7.70.